The molecule has 0 aliphatic carbocycles. The average Bonchev–Trinajstić information content (AvgIpc) is 2.37. The van der Waals surface area contributed by atoms with Crippen LogP contribution in [0.5, 0.6) is 0 Å². The highest BCUT2D eigenvalue weighted by Gasteiger charge is 2.43. The Bertz CT molecular complexity index is 623. The SMILES string of the molecule is Nc1ccc(S(=O)(=O)N2CCC(C(F)(F)F)CC2)c(F)c1. The molecule has 0 radical (unpaired) electrons. The van der Waals surface area contributed by atoms with Crippen LogP contribution in [0.1, 0.15) is 12.8 Å². The van der Waals surface area contributed by atoms with Gasteiger partial charge in [-0.2, -0.15) is 17.5 Å². The Kier molecular flexibility index (Phi) is 4.16. The third-order valence-electron chi connectivity index (χ3n) is 3.49. The summed E-state index contributed by atoms with van der Waals surface area (Å²) in [6, 6.07) is 3.13. The Morgan fingerprint density at radius 2 is 1.76 bits per heavy atom. The molecule has 1 saturated heterocycles. The zero-order valence-corrected chi connectivity index (χ0v) is 11.7. The number of benzene rings is 1. The van der Waals surface area contributed by atoms with Crippen molar-refractivity contribution in [2.24, 2.45) is 5.92 Å². The molecule has 0 aromatic heterocycles. The molecule has 0 unspecified atom stereocenters. The van der Waals surface area contributed by atoms with E-state index in [1.54, 1.807) is 0 Å². The van der Waals surface area contributed by atoms with Gasteiger partial charge in [0.15, 0.2) is 0 Å². The van der Waals surface area contributed by atoms with Crippen LogP contribution in [-0.4, -0.2) is 32.0 Å². The van der Waals surface area contributed by atoms with E-state index < -0.39 is 32.8 Å². The zero-order valence-electron chi connectivity index (χ0n) is 10.9. The number of piperidine rings is 1. The molecule has 118 valence electrons. The lowest BCUT2D eigenvalue weighted by atomic mass is 9.98. The van der Waals surface area contributed by atoms with Gasteiger partial charge in [-0.25, -0.2) is 12.8 Å². The van der Waals surface area contributed by atoms with Crippen molar-refractivity contribution in [2.75, 3.05) is 18.8 Å². The van der Waals surface area contributed by atoms with E-state index in [0.717, 1.165) is 16.4 Å². The Morgan fingerprint density at radius 3 is 2.24 bits per heavy atom. The van der Waals surface area contributed by atoms with Gasteiger partial charge in [0.05, 0.1) is 5.92 Å². The maximum absolute atomic E-state index is 13.7. The molecular weight excluding hydrogens is 312 g/mol. The molecule has 2 N–H and O–H groups in total. The van der Waals surface area contributed by atoms with E-state index in [1.807, 2.05) is 0 Å². The van der Waals surface area contributed by atoms with Gasteiger partial charge in [0, 0.05) is 18.8 Å². The highest BCUT2D eigenvalue weighted by molar-refractivity contribution is 7.89. The number of anilines is 1. The van der Waals surface area contributed by atoms with E-state index in [9.17, 15) is 26.0 Å². The fraction of sp³-hybridized carbons (Fsp3) is 0.500. The van der Waals surface area contributed by atoms with E-state index >= 15 is 0 Å². The van der Waals surface area contributed by atoms with E-state index in [0.29, 0.717) is 0 Å². The van der Waals surface area contributed by atoms with Gasteiger partial charge < -0.3 is 5.73 Å². The number of hydrogen-bond donors (Lipinski definition) is 1. The van der Waals surface area contributed by atoms with Gasteiger partial charge in [-0.3, -0.25) is 0 Å². The van der Waals surface area contributed by atoms with Crippen molar-refractivity contribution < 1.29 is 26.0 Å². The lowest BCUT2D eigenvalue weighted by molar-refractivity contribution is -0.182. The summed E-state index contributed by atoms with van der Waals surface area (Å²) < 4.78 is 76.7. The van der Waals surface area contributed by atoms with E-state index in [-0.39, 0.29) is 31.6 Å². The highest BCUT2D eigenvalue weighted by atomic mass is 32.2. The van der Waals surface area contributed by atoms with Crippen molar-refractivity contribution in [3.05, 3.63) is 24.0 Å². The molecule has 21 heavy (non-hydrogen) atoms. The van der Waals surface area contributed by atoms with Crippen LogP contribution >= 0.6 is 0 Å². The van der Waals surface area contributed by atoms with Crippen molar-refractivity contribution in [3.63, 3.8) is 0 Å². The maximum atomic E-state index is 13.7. The van der Waals surface area contributed by atoms with Gasteiger partial charge in [-0.05, 0) is 31.0 Å². The number of rotatable bonds is 2. The van der Waals surface area contributed by atoms with Crippen molar-refractivity contribution in [1.29, 1.82) is 0 Å². The van der Waals surface area contributed by atoms with Crippen molar-refractivity contribution in [2.45, 2.75) is 23.9 Å². The first-order valence-electron chi connectivity index (χ1n) is 6.24. The summed E-state index contributed by atoms with van der Waals surface area (Å²) in [4.78, 5) is -0.567. The summed E-state index contributed by atoms with van der Waals surface area (Å²) in [7, 11) is -4.14. The van der Waals surface area contributed by atoms with Crippen LogP contribution in [-0.2, 0) is 10.0 Å². The number of nitrogens with zero attached hydrogens (tertiary/aromatic N) is 1. The summed E-state index contributed by atoms with van der Waals surface area (Å²) in [6.07, 6.45) is -4.97. The zero-order chi connectivity index (χ0) is 15.8. The summed E-state index contributed by atoms with van der Waals surface area (Å²) in [5.74, 6) is -2.52. The van der Waals surface area contributed by atoms with Gasteiger partial charge in [-0.15, -0.1) is 0 Å². The second-order valence-electron chi connectivity index (χ2n) is 4.91. The smallest absolute Gasteiger partial charge is 0.391 e. The first-order chi connectivity index (χ1) is 9.62. The standard InChI is InChI=1S/C12H14F4N2O2S/c13-10-7-9(17)1-2-11(10)21(19,20)18-5-3-8(4-6-18)12(14,15)16/h1-2,7-8H,3-6,17H2. The minimum absolute atomic E-state index is 0.0715. The second kappa shape index (κ2) is 5.45. The van der Waals surface area contributed by atoms with Crippen molar-refractivity contribution >= 4 is 15.7 Å². The quantitative estimate of drug-likeness (QED) is 0.670. The number of nitrogen functional groups attached to an aromatic ring is 1. The average molecular weight is 326 g/mol. The molecule has 1 aromatic carbocycles. The molecule has 1 fully saturated rings. The predicted octanol–water partition coefficient (Wildman–Crippen LogP) is 2.37. The van der Waals surface area contributed by atoms with Crippen LogP contribution in [0.15, 0.2) is 23.1 Å². The van der Waals surface area contributed by atoms with Gasteiger partial charge in [0.2, 0.25) is 10.0 Å². The third kappa shape index (κ3) is 3.29. The van der Waals surface area contributed by atoms with Crippen LogP contribution in [0, 0.1) is 11.7 Å². The molecule has 1 heterocycles. The van der Waals surface area contributed by atoms with Gasteiger partial charge >= 0.3 is 6.18 Å². The summed E-state index contributed by atoms with van der Waals surface area (Å²) >= 11 is 0. The fourth-order valence-electron chi connectivity index (χ4n) is 2.29. The van der Waals surface area contributed by atoms with Crippen molar-refractivity contribution in [3.8, 4) is 0 Å². The molecule has 0 bridgehead atoms. The number of nitrogens with two attached hydrogens (primary N) is 1. The van der Waals surface area contributed by atoms with E-state index in [2.05, 4.69) is 0 Å². The molecule has 0 saturated carbocycles. The first kappa shape index (κ1) is 16.0. The molecule has 0 amide bonds. The van der Waals surface area contributed by atoms with Crippen LogP contribution in [0.2, 0.25) is 0 Å². The molecule has 0 atom stereocenters. The largest absolute Gasteiger partial charge is 0.399 e. The van der Waals surface area contributed by atoms with E-state index in [1.165, 1.54) is 6.07 Å². The normalized spacial score (nSPS) is 18.9. The van der Waals surface area contributed by atoms with Gasteiger partial charge in [0.1, 0.15) is 10.7 Å². The topological polar surface area (TPSA) is 63.4 Å². The van der Waals surface area contributed by atoms with Crippen LogP contribution in [0.4, 0.5) is 23.2 Å². The van der Waals surface area contributed by atoms with E-state index in [4.69, 9.17) is 5.73 Å². The summed E-state index contributed by atoms with van der Waals surface area (Å²) in [5, 5.41) is 0. The Labute approximate surface area is 119 Å². The van der Waals surface area contributed by atoms with Gasteiger partial charge in [-0.1, -0.05) is 0 Å². The first-order valence-corrected chi connectivity index (χ1v) is 7.68. The maximum Gasteiger partial charge on any atom is 0.391 e. The molecule has 1 aliphatic heterocycles. The number of sulfonamides is 1. The summed E-state index contributed by atoms with van der Waals surface area (Å²) in [5.41, 5.74) is 5.41. The minimum Gasteiger partial charge on any atom is -0.399 e. The molecule has 4 nitrogen and oxygen atoms in total. The number of alkyl halides is 3. The second-order valence-corrected chi connectivity index (χ2v) is 6.82. The number of hydrogen-bond acceptors (Lipinski definition) is 3. The summed E-state index contributed by atoms with van der Waals surface area (Å²) in [6.45, 7) is -0.563. The fourth-order valence-corrected chi connectivity index (χ4v) is 3.80. The monoisotopic (exact) mass is 326 g/mol. The Hall–Kier alpha value is -1.35. The Balaban J connectivity index is 2.19. The molecular formula is C12H14F4N2O2S. The molecule has 2 rings (SSSR count). The molecule has 1 aromatic rings. The molecule has 1 aliphatic rings. The number of halogens is 4. The molecule has 0 spiro atoms. The lowest BCUT2D eigenvalue weighted by Crippen LogP contribution is -2.42. The predicted molar refractivity (Wildman–Crippen MR) is 68.4 cm³/mol. The highest BCUT2D eigenvalue weighted by Crippen LogP contribution is 2.35. The van der Waals surface area contributed by atoms with Crippen LogP contribution in [0.25, 0.3) is 0 Å². The Morgan fingerprint density at radius 1 is 1.19 bits per heavy atom. The van der Waals surface area contributed by atoms with Gasteiger partial charge in [0.25, 0.3) is 0 Å². The lowest BCUT2D eigenvalue weighted by Gasteiger charge is -2.32. The third-order valence-corrected chi connectivity index (χ3v) is 5.42. The van der Waals surface area contributed by atoms with Crippen molar-refractivity contribution in [1.82, 2.24) is 4.31 Å². The van der Waals surface area contributed by atoms with Crippen LogP contribution < -0.4 is 5.73 Å². The van der Waals surface area contributed by atoms with Crippen LogP contribution in [0.3, 0.4) is 0 Å². The molecule has 9 heteroatoms. The minimum atomic E-state index is -4.33.